The molecule has 2 amide bonds. The number of carbonyl (C=O) groups is 2. The molecule has 194 valence electrons. The number of rotatable bonds is 2. The lowest BCUT2D eigenvalue weighted by atomic mass is 10.0. The van der Waals surface area contributed by atoms with Crippen molar-refractivity contribution in [2.24, 2.45) is 0 Å². The molecule has 1 aromatic carbocycles. The number of nitrogens with zero attached hydrogens (tertiary/aromatic N) is 4. The van der Waals surface area contributed by atoms with E-state index < -0.39 is 33.1 Å². The predicted octanol–water partition coefficient (Wildman–Crippen LogP) is 2.63. The number of morpholine rings is 1. The molecule has 0 spiro atoms. The highest BCUT2D eigenvalue weighted by Crippen LogP contribution is 2.43. The second-order valence-corrected chi connectivity index (χ2v) is 12.2. The number of halogens is 1. The van der Waals surface area contributed by atoms with Crippen LogP contribution in [0, 0.1) is 5.82 Å². The van der Waals surface area contributed by atoms with Crippen molar-refractivity contribution in [1.29, 1.82) is 0 Å². The Morgan fingerprint density at radius 1 is 1.14 bits per heavy atom. The molecule has 2 fully saturated rings. The Morgan fingerprint density at radius 2 is 1.86 bits per heavy atom. The third-order valence-corrected chi connectivity index (χ3v) is 8.24. The van der Waals surface area contributed by atoms with E-state index in [1.54, 1.807) is 35.3 Å². The van der Waals surface area contributed by atoms with E-state index in [4.69, 9.17) is 9.47 Å². The Balaban J connectivity index is 1.59. The van der Waals surface area contributed by atoms with Crippen LogP contribution in [0.25, 0.3) is 11.3 Å². The van der Waals surface area contributed by atoms with Crippen LogP contribution in [0.15, 0.2) is 23.1 Å². The zero-order valence-corrected chi connectivity index (χ0v) is 21.3. The number of fused-ring (bicyclic) bond motifs is 3. The molecule has 10 nitrogen and oxygen atoms in total. The highest BCUT2D eigenvalue weighted by Gasteiger charge is 2.41. The number of ether oxygens (including phenoxy) is 2. The first-order valence-electron chi connectivity index (χ1n) is 11.9. The second kappa shape index (κ2) is 8.84. The van der Waals surface area contributed by atoms with Gasteiger partial charge in [-0.3, -0.25) is 9.48 Å². The van der Waals surface area contributed by atoms with Gasteiger partial charge in [-0.25, -0.2) is 17.6 Å². The van der Waals surface area contributed by atoms with Gasteiger partial charge in [0, 0.05) is 37.3 Å². The highest BCUT2D eigenvalue weighted by atomic mass is 32.2. The quantitative estimate of drug-likeness (QED) is 0.599. The summed E-state index contributed by atoms with van der Waals surface area (Å²) >= 11 is 0. The van der Waals surface area contributed by atoms with Crippen LogP contribution >= 0.6 is 0 Å². The van der Waals surface area contributed by atoms with Gasteiger partial charge < -0.3 is 19.3 Å². The lowest BCUT2D eigenvalue weighted by Crippen LogP contribution is -2.41. The van der Waals surface area contributed by atoms with Gasteiger partial charge in [0.15, 0.2) is 15.5 Å². The Kier molecular flexibility index (Phi) is 6.06. The van der Waals surface area contributed by atoms with Gasteiger partial charge in [0.2, 0.25) is 0 Å². The minimum absolute atomic E-state index is 0.0427. The molecule has 2 saturated heterocycles. The smallest absolute Gasteiger partial charge is 0.410 e. The number of benzene rings is 1. The maximum atomic E-state index is 14.8. The number of amides is 2. The zero-order chi connectivity index (χ0) is 25.8. The van der Waals surface area contributed by atoms with E-state index in [-0.39, 0.29) is 40.2 Å². The molecule has 0 aliphatic carbocycles. The molecular weight excluding hydrogens is 491 g/mol. The van der Waals surface area contributed by atoms with E-state index in [1.165, 1.54) is 12.1 Å². The Labute approximate surface area is 208 Å². The molecule has 5 rings (SSSR count). The maximum Gasteiger partial charge on any atom is 0.410 e. The van der Waals surface area contributed by atoms with Crippen LogP contribution in [0.1, 0.15) is 49.3 Å². The van der Waals surface area contributed by atoms with Gasteiger partial charge in [0.1, 0.15) is 16.3 Å². The first kappa shape index (κ1) is 24.7. The summed E-state index contributed by atoms with van der Waals surface area (Å²) in [5, 5.41) is 4.63. The molecule has 1 atom stereocenters. The van der Waals surface area contributed by atoms with Crippen LogP contribution < -0.4 is 0 Å². The van der Waals surface area contributed by atoms with Crippen molar-refractivity contribution in [3.8, 4) is 11.3 Å². The van der Waals surface area contributed by atoms with Gasteiger partial charge >= 0.3 is 6.09 Å². The van der Waals surface area contributed by atoms with Gasteiger partial charge in [-0.05, 0) is 33.3 Å². The molecule has 2 aromatic rings. The number of hydrogen-bond acceptors (Lipinski definition) is 7. The molecule has 36 heavy (non-hydrogen) atoms. The maximum absolute atomic E-state index is 14.8. The Bertz CT molecular complexity index is 1330. The number of carbonyl (C=O) groups excluding carboxylic acids is 2. The van der Waals surface area contributed by atoms with E-state index in [0.29, 0.717) is 45.0 Å². The minimum Gasteiger partial charge on any atom is -0.444 e. The van der Waals surface area contributed by atoms with E-state index in [0.717, 1.165) is 6.07 Å². The molecule has 0 N–H and O–H groups in total. The molecular formula is C24H29FN4O6S. The van der Waals surface area contributed by atoms with Crippen LogP contribution in [0.5, 0.6) is 0 Å². The first-order valence-corrected chi connectivity index (χ1v) is 13.6. The topological polar surface area (TPSA) is 111 Å². The van der Waals surface area contributed by atoms with Crippen LogP contribution in [-0.4, -0.2) is 85.0 Å². The lowest BCUT2D eigenvalue weighted by molar-refractivity contribution is 0.0284. The predicted molar refractivity (Wildman–Crippen MR) is 127 cm³/mol. The molecule has 1 unspecified atom stereocenters. The summed E-state index contributed by atoms with van der Waals surface area (Å²) in [5.74, 6) is -1.75. The van der Waals surface area contributed by atoms with Crippen LogP contribution in [-0.2, 0) is 25.1 Å². The summed E-state index contributed by atoms with van der Waals surface area (Å²) in [6.07, 6.45) is 0.0697. The molecule has 12 heteroatoms. The van der Waals surface area contributed by atoms with Crippen LogP contribution in [0.2, 0.25) is 0 Å². The highest BCUT2D eigenvalue weighted by molar-refractivity contribution is 7.91. The van der Waals surface area contributed by atoms with Crippen LogP contribution in [0.3, 0.4) is 0 Å². The summed E-state index contributed by atoms with van der Waals surface area (Å²) in [6.45, 7) is 7.56. The van der Waals surface area contributed by atoms with Crippen molar-refractivity contribution in [2.45, 2.75) is 49.5 Å². The summed E-state index contributed by atoms with van der Waals surface area (Å²) in [4.78, 5) is 28.9. The van der Waals surface area contributed by atoms with Crippen molar-refractivity contribution in [1.82, 2.24) is 19.6 Å². The summed E-state index contributed by atoms with van der Waals surface area (Å²) in [5.41, 5.74) is 0.247. The average Bonchev–Trinajstić information content (AvgIpc) is 3.43. The van der Waals surface area contributed by atoms with Crippen molar-refractivity contribution in [2.75, 3.05) is 39.4 Å². The van der Waals surface area contributed by atoms with E-state index in [1.807, 2.05) is 0 Å². The summed E-state index contributed by atoms with van der Waals surface area (Å²) < 4.78 is 53.5. The van der Waals surface area contributed by atoms with E-state index >= 15 is 0 Å². The van der Waals surface area contributed by atoms with E-state index in [2.05, 4.69) is 5.10 Å². The zero-order valence-electron chi connectivity index (χ0n) is 20.5. The number of likely N-dealkylation sites (tertiary alicyclic amines) is 1. The molecule has 1 aromatic heterocycles. The standard InChI is InChI=1S/C24H29FN4O6S/c1-24(2,3)35-23(31)28-8-7-15(13-28)29-20-16-5-4-6-18(25)21(16)36(32,33)14-17(20)19(26-29)22(30)27-9-11-34-12-10-27/h4-6,15H,7-14H2,1-3H3. The fraction of sp³-hybridized carbons (Fsp3) is 0.542. The average molecular weight is 521 g/mol. The Morgan fingerprint density at radius 3 is 2.56 bits per heavy atom. The van der Waals surface area contributed by atoms with Gasteiger partial charge in [0.05, 0.1) is 30.7 Å². The number of sulfone groups is 1. The van der Waals surface area contributed by atoms with Crippen molar-refractivity contribution < 1.29 is 31.9 Å². The van der Waals surface area contributed by atoms with E-state index in [9.17, 15) is 22.4 Å². The minimum atomic E-state index is -4.04. The number of hydrogen-bond donors (Lipinski definition) is 0. The second-order valence-electron chi connectivity index (χ2n) is 10.3. The lowest BCUT2D eigenvalue weighted by Gasteiger charge is -2.26. The van der Waals surface area contributed by atoms with Crippen molar-refractivity contribution >= 4 is 21.8 Å². The number of aromatic nitrogens is 2. The molecule has 0 saturated carbocycles. The molecule has 0 radical (unpaired) electrons. The van der Waals surface area contributed by atoms with Crippen molar-refractivity contribution in [3.63, 3.8) is 0 Å². The monoisotopic (exact) mass is 520 g/mol. The fourth-order valence-electron chi connectivity index (χ4n) is 4.95. The Hall–Kier alpha value is -2.99. The molecule has 0 bridgehead atoms. The SMILES string of the molecule is CC(C)(C)OC(=O)N1CCC(n2nc(C(=O)N3CCOCC3)c3c2-c2cccc(F)c2S(=O)(=O)C3)C1. The van der Waals surface area contributed by atoms with Gasteiger partial charge in [-0.15, -0.1) is 0 Å². The molecule has 3 aliphatic rings. The third kappa shape index (κ3) is 4.36. The normalized spacial score (nSPS) is 21.2. The van der Waals surface area contributed by atoms with Gasteiger partial charge in [-0.2, -0.15) is 5.10 Å². The van der Waals surface area contributed by atoms with Crippen LogP contribution in [0.4, 0.5) is 9.18 Å². The summed E-state index contributed by atoms with van der Waals surface area (Å²) in [6, 6.07) is 3.76. The third-order valence-electron chi connectivity index (χ3n) is 6.54. The molecule has 3 aliphatic heterocycles. The fourth-order valence-corrected chi connectivity index (χ4v) is 6.61. The summed E-state index contributed by atoms with van der Waals surface area (Å²) in [7, 11) is -4.04. The van der Waals surface area contributed by atoms with Gasteiger partial charge in [0.25, 0.3) is 5.91 Å². The first-order chi connectivity index (χ1) is 17.0. The largest absolute Gasteiger partial charge is 0.444 e. The van der Waals surface area contributed by atoms with Crippen molar-refractivity contribution in [3.05, 3.63) is 35.3 Å². The van der Waals surface area contributed by atoms with Gasteiger partial charge in [-0.1, -0.05) is 12.1 Å². The molecule has 4 heterocycles.